The molecule has 46 heavy (non-hydrogen) atoms. The van der Waals surface area contributed by atoms with Crippen LogP contribution >= 0.6 is 0 Å². The summed E-state index contributed by atoms with van der Waals surface area (Å²) in [5, 5.41) is 10.8. The lowest BCUT2D eigenvalue weighted by atomic mass is 9.98. The zero-order valence-corrected chi connectivity index (χ0v) is 26.3. The molecule has 2 atom stereocenters. The van der Waals surface area contributed by atoms with Gasteiger partial charge in [-0.25, -0.2) is 14.3 Å². The van der Waals surface area contributed by atoms with Crippen molar-refractivity contribution in [3.8, 4) is 16.8 Å². The van der Waals surface area contributed by atoms with Crippen molar-refractivity contribution in [3.05, 3.63) is 119 Å². The fourth-order valence-electron chi connectivity index (χ4n) is 7.10. The molecule has 0 fully saturated rings. The lowest BCUT2D eigenvalue weighted by Gasteiger charge is -2.20. The Kier molecular flexibility index (Phi) is 7.86. The van der Waals surface area contributed by atoms with E-state index in [4.69, 9.17) is 9.84 Å². The SMILES string of the molecule is Cc1cc(C)c(-n2c[n+]3c(n2)CC[C@H]3CNC(=O)C(Cc2cnc[nH]2)NC(=O)OCC2c3ccccc3-c3ccccc32)c(C)c1. The molecule has 0 radical (unpaired) electrons. The summed E-state index contributed by atoms with van der Waals surface area (Å²) in [5.41, 5.74) is 9.97. The van der Waals surface area contributed by atoms with E-state index in [0.29, 0.717) is 6.54 Å². The summed E-state index contributed by atoms with van der Waals surface area (Å²) >= 11 is 0. The standard InChI is InChI=1S/C36H37N7O3/c1-22-14-23(2)34(24(3)15-22)43-21-42-26(12-13-33(42)41-43)18-38-35(44)32(16-25-17-37-20-39-25)40-36(45)46-19-31-29-10-6-4-8-27(29)28-9-5-7-11-30(28)31/h4-11,14-15,17,20-21,26,31-32H,12-13,16,18-19H2,1-3H3,(H2-,37,38,39,40,44,45)/p+1/t26-,32?/m0/s1. The quantitative estimate of drug-likeness (QED) is 0.210. The first-order chi connectivity index (χ1) is 22.4. The minimum atomic E-state index is -0.845. The van der Waals surface area contributed by atoms with Gasteiger partial charge >= 0.3 is 6.09 Å². The van der Waals surface area contributed by atoms with Crippen molar-refractivity contribution in [2.75, 3.05) is 13.2 Å². The predicted molar refractivity (Wildman–Crippen MR) is 173 cm³/mol. The average Bonchev–Trinajstić information content (AvgIpc) is 3.83. The predicted octanol–water partition coefficient (Wildman–Crippen LogP) is 4.56. The first-order valence-electron chi connectivity index (χ1n) is 15.8. The molecule has 0 spiro atoms. The van der Waals surface area contributed by atoms with Gasteiger partial charge in [0.2, 0.25) is 12.2 Å². The smallest absolute Gasteiger partial charge is 0.407 e. The second kappa shape index (κ2) is 12.3. The van der Waals surface area contributed by atoms with Gasteiger partial charge in [-0.05, 0) is 60.6 Å². The van der Waals surface area contributed by atoms with Crippen molar-refractivity contribution in [2.45, 2.75) is 58.0 Å². The number of hydrogen-bond acceptors (Lipinski definition) is 5. The number of nitrogens with zero attached hydrogens (tertiary/aromatic N) is 4. The molecular formula is C36H38N7O3+. The Morgan fingerprint density at radius 2 is 1.74 bits per heavy atom. The van der Waals surface area contributed by atoms with Gasteiger partial charge in [0, 0.05) is 35.7 Å². The molecule has 2 aliphatic rings. The van der Waals surface area contributed by atoms with Gasteiger partial charge in [-0.2, -0.15) is 0 Å². The van der Waals surface area contributed by atoms with Gasteiger partial charge in [0.1, 0.15) is 18.3 Å². The number of H-pyrrole nitrogens is 1. The number of amides is 2. The number of benzene rings is 3. The molecule has 3 heterocycles. The van der Waals surface area contributed by atoms with Gasteiger partial charge in [0.15, 0.2) is 0 Å². The Morgan fingerprint density at radius 3 is 2.41 bits per heavy atom. The molecule has 10 nitrogen and oxygen atoms in total. The van der Waals surface area contributed by atoms with Gasteiger partial charge in [0.05, 0.1) is 18.9 Å². The van der Waals surface area contributed by atoms with Gasteiger partial charge in [-0.15, -0.1) is 0 Å². The van der Waals surface area contributed by atoms with Gasteiger partial charge in [-0.3, -0.25) is 4.79 Å². The van der Waals surface area contributed by atoms with Crippen LogP contribution in [0.2, 0.25) is 0 Å². The number of nitrogens with one attached hydrogen (secondary N) is 3. The van der Waals surface area contributed by atoms with E-state index in [1.165, 1.54) is 16.7 Å². The number of imidazole rings is 1. The first kappa shape index (κ1) is 29.5. The summed E-state index contributed by atoms with van der Waals surface area (Å²) in [5.74, 6) is 0.638. The third kappa shape index (κ3) is 5.66. The van der Waals surface area contributed by atoms with Crippen molar-refractivity contribution >= 4 is 12.0 Å². The van der Waals surface area contributed by atoms with E-state index >= 15 is 0 Å². The van der Waals surface area contributed by atoms with Crippen molar-refractivity contribution in [1.82, 2.24) is 30.4 Å². The van der Waals surface area contributed by atoms with Crippen LogP contribution in [0.1, 0.15) is 57.7 Å². The maximum Gasteiger partial charge on any atom is 0.407 e. The fraction of sp³-hybridized carbons (Fsp3) is 0.306. The van der Waals surface area contributed by atoms with E-state index in [9.17, 15) is 9.59 Å². The van der Waals surface area contributed by atoms with Crippen molar-refractivity contribution < 1.29 is 18.9 Å². The highest BCUT2D eigenvalue weighted by atomic mass is 16.5. The third-order valence-corrected chi connectivity index (χ3v) is 9.16. The molecule has 10 heteroatoms. The van der Waals surface area contributed by atoms with E-state index in [1.807, 2.05) is 35.3 Å². The minimum Gasteiger partial charge on any atom is -0.449 e. The molecule has 1 unspecified atom stereocenters. The van der Waals surface area contributed by atoms with E-state index in [0.717, 1.165) is 52.3 Å². The lowest BCUT2D eigenvalue weighted by molar-refractivity contribution is -0.714. The van der Waals surface area contributed by atoms with Crippen LogP contribution in [0.4, 0.5) is 4.79 Å². The average molecular weight is 617 g/mol. The molecule has 0 saturated carbocycles. The highest BCUT2D eigenvalue weighted by molar-refractivity contribution is 5.86. The molecule has 5 aromatic rings. The highest BCUT2D eigenvalue weighted by Crippen LogP contribution is 2.44. The van der Waals surface area contributed by atoms with E-state index in [1.54, 1.807) is 12.5 Å². The maximum atomic E-state index is 13.6. The lowest BCUT2D eigenvalue weighted by Crippen LogP contribution is -2.51. The van der Waals surface area contributed by atoms with Crippen molar-refractivity contribution in [3.63, 3.8) is 0 Å². The van der Waals surface area contributed by atoms with Gasteiger partial charge < -0.3 is 20.4 Å². The number of aromatic amines is 1. The number of carbonyl (C=O) groups excluding carboxylic acids is 2. The van der Waals surface area contributed by atoms with E-state index < -0.39 is 12.1 Å². The zero-order valence-electron chi connectivity index (χ0n) is 26.3. The summed E-state index contributed by atoms with van der Waals surface area (Å²) in [6, 6.07) is 19.9. The van der Waals surface area contributed by atoms with Crippen LogP contribution in [-0.4, -0.2) is 50.9 Å². The summed E-state index contributed by atoms with van der Waals surface area (Å²) in [6.45, 7) is 6.90. The van der Waals surface area contributed by atoms with Crippen molar-refractivity contribution in [2.24, 2.45) is 0 Å². The summed E-state index contributed by atoms with van der Waals surface area (Å²) in [6.07, 6.45) is 6.56. The number of carbonyl (C=O) groups is 2. The molecule has 0 saturated heterocycles. The molecule has 1 aliphatic heterocycles. The normalized spacial score (nSPS) is 15.6. The van der Waals surface area contributed by atoms with Crippen LogP contribution in [0, 0.1) is 20.8 Å². The van der Waals surface area contributed by atoms with Crippen LogP contribution in [0.25, 0.3) is 16.8 Å². The minimum absolute atomic E-state index is 0.0565. The number of fused-ring (bicyclic) bond motifs is 4. The number of alkyl carbamates (subject to hydrolysis) is 1. The van der Waals surface area contributed by atoms with Crippen LogP contribution in [0.15, 0.2) is 79.5 Å². The molecule has 234 valence electrons. The topological polar surface area (TPSA) is 118 Å². The molecule has 1 aliphatic carbocycles. The Labute approximate surface area is 267 Å². The Morgan fingerprint density at radius 1 is 1.04 bits per heavy atom. The second-order valence-corrected chi connectivity index (χ2v) is 12.4. The molecule has 3 aromatic carbocycles. The van der Waals surface area contributed by atoms with Gasteiger partial charge in [0.25, 0.3) is 5.82 Å². The zero-order chi connectivity index (χ0) is 31.8. The first-order valence-corrected chi connectivity index (χ1v) is 15.8. The number of aromatic nitrogens is 5. The number of hydrogen-bond donors (Lipinski definition) is 3. The molecular weight excluding hydrogens is 578 g/mol. The summed E-state index contributed by atoms with van der Waals surface area (Å²) < 4.78 is 9.87. The summed E-state index contributed by atoms with van der Waals surface area (Å²) in [4.78, 5) is 33.8. The molecule has 7 rings (SSSR count). The second-order valence-electron chi connectivity index (χ2n) is 12.4. The maximum absolute atomic E-state index is 13.6. The third-order valence-electron chi connectivity index (χ3n) is 9.16. The monoisotopic (exact) mass is 616 g/mol. The summed E-state index contributed by atoms with van der Waals surface area (Å²) in [7, 11) is 0. The highest BCUT2D eigenvalue weighted by Gasteiger charge is 2.34. The Balaban J connectivity index is 1.01. The number of ether oxygens (including phenoxy) is 1. The van der Waals surface area contributed by atoms with Crippen LogP contribution in [0.3, 0.4) is 0 Å². The van der Waals surface area contributed by atoms with Crippen molar-refractivity contribution in [1.29, 1.82) is 0 Å². The largest absolute Gasteiger partial charge is 0.449 e. The molecule has 0 bridgehead atoms. The fourth-order valence-corrected chi connectivity index (χ4v) is 7.10. The van der Waals surface area contributed by atoms with Crippen LogP contribution in [0.5, 0.6) is 0 Å². The number of rotatable bonds is 9. The Hall–Kier alpha value is -5.25. The Bertz CT molecular complexity index is 1840. The number of aryl methyl sites for hydroxylation is 4. The van der Waals surface area contributed by atoms with Crippen LogP contribution < -0.4 is 15.2 Å². The van der Waals surface area contributed by atoms with Gasteiger partial charge in [-0.1, -0.05) is 70.9 Å². The molecule has 3 N–H and O–H groups in total. The van der Waals surface area contributed by atoms with Crippen LogP contribution in [-0.2, 0) is 22.4 Å². The molecule has 2 amide bonds. The molecule has 2 aromatic heterocycles. The van der Waals surface area contributed by atoms with E-state index in [2.05, 4.69) is 82.3 Å². The van der Waals surface area contributed by atoms with E-state index in [-0.39, 0.29) is 30.9 Å².